The van der Waals surface area contributed by atoms with E-state index in [4.69, 9.17) is 16.3 Å². The fourth-order valence-corrected chi connectivity index (χ4v) is 3.31. The molecule has 1 saturated heterocycles. The van der Waals surface area contributed by atoms with Crippen molar-refractivity contribution in [3.63, 3.8) is 0 Å². The predicted octanol–water partition coefficient (Wildman–Crippen LogP) is 1.40. The fourth-order valence-electron chi connectivity index (χ4n) is 3.04. The van der Waals surface area contributed by atoms with Gasteiger partial charge in [-0.3, -0.25) is 4.90 Å². The van der Waals surface area contributed by atoms with Crippen molar-refractivity contribution in [2.45, 2.75) is 12.5 Å². The van der Waals surface area contributed by atoms with Gasteiger partial charge in [-0.15, -0.1) is 0 Å². The normalized spacial score (nSPS) is 21.0. The number of halogens is 1. The molecule has 5 heteroatoms. The highest BCUT2D eigenvalue weighted by Crippen LogP contribution is 2.33. The summed E-state index contributed by atoms with van der Waals surface area (Å²) in [5.74, 6) is 0. The second-order valence-corrected chi connectivity index (χ2v) is 5.91. The zero-order valence-corrected chi connectivity index (χ0v) is 12.4. The zero-order chi connectivity index (χ0) is 13.9. The van der Waals surface area contributed by atoms with Crippen molar-refractivity contribution in [2.24, 2.45) is 0 Å². The molecule has 0 radical (unpaired) electrons. The molecule has 3 rings (SSSR count). The van der Waals surface area contributed by atoms with Gasteiger partial charge in [0.2, 0.25) is 0 Å². The Balaban J connectivity index is 1.58. The average molecular weight is 297 g/mol. The Labute approximate surface area is 124 Å². The van der Waals surface area contributed by atoms with Crippen molar-refractivity contribution >= 4 is 17.3 Å². The smallest absolute Gasteiger partial charge is 0.0841 e. The number of ether oxygens (including phenoxy) is 1. The van der Waals surface area contributed by atoms with Crippen molar-refractivity contribution in [2.75, 3.05) is 50.8 Å². The number of β-amino-alcohol motifs (C(OH)–C–C–N with tert-alkyl or cyclic N) is 1. The molecule has 2 heterocycles. The molecule has 4 nitrogen and oxygen atoms in total. The van der Waals surface area contributed by atoms with Crippen molar-refractivity contribution in [1.29, 1.82) is 0 Å². The van der Waals surface area contributed by atoms with Crippen LogP contribution in [0.3, 0.4) is 0 Å². The Morgan fingerprint density at radius 2 is 2.00 bits per heavy atom. The van der Waals surface area contributed by atoms with E-state index in [2.05, 4.69) is 15.9 Å². The fraction of sp³-hybridized carbons (Fsp3) is 0.600. The molecule has 1 N–H and O–H groups in total. The number of anilines is 1. The van der Waals surface area contributed by atoms with E-state index in [1.807, 2.05) is 12.1 Å². The second kappa shape index (κ2) is 6.31. The molecule has 0 amide bonds. The average Bonchev–Trinajstić information content (AvgIpc) is 2.84. The molecule has 1 fully saturated rings. The highest BCUT2D eigenvalue weighted by Gasteiger charge is 2.24. The Morgan fingerprint density at radius 1 is 1.20 bits per heavy atom. The Bertz CT molecular complexity index is 463. The topological polar surface area (TPSA) is 35.9 Å². The van der Waals surface area contributed by atoms with Crippen LogP contribution in [-0.4, -0.2) is 62.0 Å². The largest absolute Gasteiger partial charge is 0.390 e. The highest BCUT2D eigenvalue weighted by molar-refractivity contribution is 6.31. The molecule has 0 aromatic heterocycles. The summed E-state index contributed by atoms with van der Waals surface area (Å²) in [4.78, 5) is 4.51. The van der Waals surface area contributed by atoms with Gasteiger partial charge in [-0.2, -0.15) is 0 Å². The van der Waals surface area contributed by atoms with E-state index in [9.17, 15) is 5.11 Å². The van der Waals surface area contributed by atoms with Crippen LogP contribution in [0.5, 0.6) is 0 Å². The number of fused-ring (bicyclic) bond motifs is 1. The van der Waals surface area contributed by atoms with Gasteiger partial charge in [0.1, 0.15) is 0 Å². The van der Waals surface area contributed by atoms with Gasteiger partial charge in [0.05, 0.1) is 19.3 Å². The molecular formula is C15H21ClN2O2. The summed E-state index contributed by atoms with van der Waals surface area (Å²) < 4.78 is 5.33. The number of aliphatic hydroxyl groups is 1. The van der Waals surface area contributed by atoms with E-state index in [-0.39, 0.29) is 6.10 Å². The number of nitrogens with zero attached hydrogens (tertiary/aromatic N) is 2. The van der Waals surface area contributed by atoms with Crippen LogP contribution in [0, 0.1) is 0 Å². The maximum absolute atomic E-state index is 10.3. The van der Waals surface area contributed by atoms with Crippen LogP contribution in [0.25, 0.3) is 0 Å². The maximum atomic E-state index is 10.3. The number of hydrogen-bond donors (Lipinski definition) is 1. The van der Waals surface area contributed by atoms with Gasteiger partial charge in [-0.1, -0.05) is 17.7 Å². The lowest BCUT2D eigenvalue weighted by Crippen LogP contribution is -2.44. The summed E-state index contributed by atoms with van der Waals surface area (Å²) in [5, 5.41) is 11.1. The number of hydrogen-bond acceptors (Lipinski definition) is 4. The van der Waals surface area contributed by atoms with E-state index in [1.54, 1.807) is 0 Å². The van der Waals surface area contributed by atoms with Gasteiger partial charge in [0.15, 0.2) is 0 Å². The van der Waals surface area contributed by atoms with Gasteiger partial charge in [-0.05, 0) is 24.1 Å². The first-order chi connectivity index (χ1) is 9.74. The van der Waals surface area contributed by atoms with E-state index < -0.39 is 0 Å². The Hall–Kier alpha value is -0.810. The summed E-state index contributed by atoms with van der Waals surface area (Å²) in [7, 11) is 0. The lowest BCUT2D eigenvalue weighted by Gasteiger charge is -2.30. The Morgan fingerprint density at radius 3 is 2.80 bits per heavy atom. The van der Waals surface area contributed by atoms with Crippen molar-refractivity contribution in [3.8, 4) is 0 Å². The number of rotatable bonds is 4. The molecule has 2 aliphatic heterocycles. The third-order valence-corrected chi connectivity index (χ3v) is 4.42. The van der Waals surface area contributed by atoms with Crippen LogP contribution >= 0.6 is 11.6 Å². The van der Waals surface area contributed by atoms with Crippen LogP contribution in [0.1, 0.15) is 5.56 Å². The van der Waals surface area contributed by atoms with E-state index in [0.29, 0.717) is 6.54 Å². The van der Waals surface area contributed by atoms with E-state index >= 15 is 0 Å². The molecule has 0 bridgehead atoms. The first-order valence-electron chi connectivity index (χ1n) is 7.24. The standard InChI is InChI=1S/C15H21ClN2O2/c16-14-2-1-3-15-13(14)4-5-18(15)11-12(19)10-17-6-8-20-9-7-17/h1-3,12,19H,4-11H2. The van der Waals surface area contributed by atoms with Crippen molar-refractivity contribution < 1.29 is 9.84 Å². The number of benzene rings is 1. The van der Waals surface area contributed by atoms with Crippen molar-refractivity contribution in [3.05, 3.63) is 28.8 Å². The summed E-state index contributed by atoms with van der Waals surface area (Å²) in [6.45, 7) is 5.71. The molecular weight excluding hydrogens is 276 g/mol. The van der Waals surface area contributed by atoms with Crippen LogP contribution in [-0.2, 0) is 11.2 Å². The third kappa shape index (κ3) is 3.09. The second-order valence-electron chi connectivity index (χ2n) is 5.50. The maximum Gasteiger partial charge on any atom is 0.0841 e. The van der Waals surface area contributed by atoms with E-state index in [0.717, 1.165) is 50.8 Å². The molecule has 0 aliphatic carbocycles. The lowest BCUT2D eigenvalue weighted by atomic mass is 10.2. The van der Waals surface area contributed by atoms with Crippen LogP contribution in [0.2, 0.25) is 5.02 Å². The molecule has 2 aliphatic rings. The van der Waals surface area contributed by atoms with Crippen molar-refractivity contribution in [1.82, 2.24) is 4.90 Å². The van der Waals surface area contributed by atoms with Crippen LogP contribution in [0.4, 0.5) is 5.69 Å². The minimum atomic E-state index is -0.335. The first kappa shape index (κ1) is 14.1. The van der Waals surface area contributed by atoms with Gasteiger partial charge in [-0.25, -0.2) is 0 Å². The lowest BCUT2D eigenvalue weighted by molar-refractivity contribution is 0.0161. The number of morpholine rings is 1. The first-order valence-corrected chi connectivity index (χ1v) is 7.62. The molecule has 0 spiro atoms. The van der Waals surface area contributed by atoms with Gasteiger partial charge in [0.25, 0.3) is 0 Å². The number of aliphatic hydroxyl groups excluding tert-OH is 1. The quantitative estimate of drug-likeness (QED) is 0.911. The molecule has 110 valence electrons. The SMILES string of the molecule is OC(CN1CCOCC1)CN1CCc2c(Cl)cccc21. The molecule has 20 heavy (non-hydrogen) atoms. The molecule has 1 atom stereocenters. The van der Waals surface area contributed by atoms with Gasteiger partial charge < -0.3 is 14.7 Å². The highest BCUT2D eigenvalue weighted by atomic mass is 35.5. The minimum Gasteiger partial charge on any atom is -0.390 e. The van der Waals surface area contributed by atoms with Crippen LogP contribution < -0.4 is 4.90 Å². The zero-order valence-electron chi connectivity index (χ0n) is 11.6. The third-order valence-electron chi connectivity index (χ3n) is 4.07. The molecule has 0 saturated carbocycles. The monoisotopic (exact) mass is 296 g/mol. The molecule has 1 unspecified atom stereocenters. The van der Waals surface area contributed by atoms with Crippen LogP contribution in [0.15, 0.2) is 18.2 Å². The molecule has 1 aromatic carbocycles. The molecule has 1 aromatic rings. The van der Waals surface area contributed by atoms with E-state index in [1.165, 1.54) is 11.3 Å². The Kier molecular flexibility index (Phi) is 4.46. The summed E-state index contributed by atoms with van der Waals surface area (Å²) in [6.07, 6.45) is 0.636. The summed E-state index contributed by atoms with van der Waals surface area (Å²) in [6, 6.07) is 6.01. The summed E-state index contributed by atoms with van der Waals surface area (Å²) >= 11 is 6.22. The minimum absolute atomic E-state index is 0.335. The predicted molar refractivity (Wildman–Crippen MR) is 80.6 cm³/mol. The van der Waals surface area contributed by atoms with Gasteiger partial charge in [0, 0.05) is 43.4 Å². The van der Waals surface area contributed by atoms with Gasteiger partial charge >= 0.3 is 0 Å². The summed E-state index contributed by atoms with van der Waals surface area (Å²) in [5.41, 5.74) is 2.39.